The molecule has 1 N–H and O–H groups in total. The van der Waals surface area contributed by atoms with Gasteiger partial charge in [0.1, 0.15) is 5.15 Å². The summed E-state index contributed by atoms with van der Waals surface area (Å²) in [6.45, 7) is 6.97. The molecule has 0 saturated heterocycles. The molecule has 0 atom stereocenters. The molecule has 0 aliphatic heterocycles. The maximum Gasteiger partial charge on any atom is 0.252 e. The molecule has 1 heterocycles. The van der Waals surface area contributed by atoms with Gasteiger partial charge in [-0.15, -0.1) is 0 Å². The van der Waals surface area contributed by atoms with E-state index in [0.717, 1.165) is 6.42 Å². The van der Waals surface area contributed by atoms with E-state index in [1.54, 1.807) is 0 Å². The summed E-state index contributed by atoms with van der Waals surface area (Å²) in [5, 5.41) is 3.38. The van der Waals surface area contributed by atoms with Crippen molar-refractivity contribution in [1.82, 2.24) is 10.3 Å². The van der Waals surface area contributed by atoms with Crippen LogP contribution in [-0.4, -0.2) is 17.4 Å². The van der Waals surface area contributed by atoms with Gasteiger partial charge in [0.2, 0.25) is 0 Å². The molecule has 1 aromatic rings. The fraction of sp³-hybridized carbons (Fsp3) is 0.500. The molecule has 0 fully saturated rings. The molecule has 0 unspecified atom stereocenters. The van der Waals surface area contributed by atoms with Gasteiger partial charge in [-0.25, -0.2) is 4.98 Å². The van der Waals surface area contributed by atoms with E-state index in [0.29, 0.717) is 17.1 Å². The van der Waals surface area contributed by atoms with Crippen LogP contribution in [0.1, 0.15) is 37.6 Å². The predicted molar refractivity (Wildman–Crippen MR) is 70.7 cm³/mol. The minimum absolute atomic E-state index is 0.187. The largest absolute Gasteiger partial charge is 0.352 e. The second-order valence-corrected chi connectivity index (χ2v) is 5.85. The highest BCUT2D eigenvalue weighted by atomic mass is 35.5. The number of carbonyl (C=O) groups is 1. The average molecular weight is 275 g/mol. The molecule has 0 aromatic carbocycles. The van der Waals surface area contributed by atoms with E-state index >= 15 is 0 Å². The smallest absolute Gasteiger partial charge is 0.252 e. The summed E-state index contributed by atoms with van der Waals surface area (Å²) in [6, 6.07) is 1.47. The van der Waals surface area contributed by atoms with Crippen LogP contribution in [0, 0.1) is 5.41 Å². The van der Waals surface area contributed by atoms with Crippen LogP contribution in [0.3, 0.4) is 0 Å². The molecule has 0 saturated carbocycles. The van der Waals surface area contributed by atoms with Crippen LogP contribution in [-0.2, 0) is 0 Å². The van der Waals surface area contributed by atoms with Crippen LogP contribution in [0.4, 0.5) is 0 Å². The maximum absolute atomic E-state index is 11.8. The first-order valence-corrected chi connectivity index (χ1v) is 6.14. The number of nitrogens with one attached hydrogen (secondary N) is 1. The zero-order valence-corrected chi connectivity index (χ0v) is 11.7. The first-order chi connectivity index (χ1) is 7.79. The lowest BCUT2D eigenvalue weighted by atomic mass is 9.92. The van der Waals surface area contributed by atoms with Gasteiger partial charge in [-0.3, -0.25) is 4.79 Å². The Kier molecular flexibility index (Phi) is 4.78. The van der Waals surface area contributed by atoms with Gasteiger partial charge in [0.05, 0.1) is 10.6 Å². The number of amides is 1. The summed E-state index contributed by atoms with van der Waals surface area (Å²) < 4.78 is 0. The van der Waals surface area contributed by atoms with Crippen molar-refractivity contribution in [1.29, 1.82) is 0 Å². The summed E-state index contributed by atoms with van der Waals surface area (Å²) in [6.07, 6.45) is 2.28. The highest BCUT2D eigenvalue weighted by molar-refractivity contribution is 6.35. The maximum atomic E-state index is 11.8. The third kappa shape index (κ3) is 4.92. The lowest BCUT2D eigenvalue weighted by molar-refractivity contribution is 0.0949. The summed E-state index contributed by atoms with van der Waals surface area (Å²) in [5.74, 6) is -0.219. The van der Waals surface area contributed by atoms with Crippen LogP contribution in [0.25, 0.3) is 0 Å². The highest BCUT2D eigenvalue weighted by Gasteiger charge is 2.14. The Hall–Kier alpha value is -0.800. The van der Waals surface area contributed by atoms with Gasteiger partial charge < -0.3 is 5.32 Å². The summed E-state index contributed by atoms with van der Waals surface area (Å²) in [5.41, 5.74) is 0.549. The molecule has 0 spiro atoms. The second-order valence-electron chi connectivity index (χ2n) is 5.05. The summed E-state index contributed by atoms with van der Waals surface area (Å²) in [4.78, 5) is 15.6. The topological polar surface area (TPSA) is 42.0 Å². The van der Waals surface area contributed by atoms with Gasteiger partial charge in [-0.2, -0.15) is 0 Å². The standard InChI is InChI=1S/C12H16Cl2N2O/c1-12(2,3)4-5-15-11(17)8-6-10(14)16-7-9(8)13/h6-7H,4-5H2,1-3H3,(H,15,17). The SMILES string of the molecule is CC(C)(C)CCNC(=O)c1cc(Cl)ncc1Cl. The van der Waals surface area contributed by atoms with E-state index in [9.17, 15) is 4.79 Å². The Bertz CT molecular complexity index is 413. The first-order valence-electron chi connectivity index (χ1n) is 5.39. The normalized spacial score (nSPS) is 11.4. The lowest BCUT2D eigenvalue weighted by Crippen LogP contribution is -2.27. The number of hydrogen-bond donors (Lipinski definition) is 1. The van der Waals surface area contributed by atoms with Crippen molar-refractivity contribution in [2.45, 2.75) is 27.2 Å². The van der Waals surface area contributed by atoms with Gasteiger partial charge in [0.25, 0.3) is 5.91 Å². The number of pyridine rings is 1. The molecular formula is C12H16Cl2N2O. The van der Waals surface area contributed by atoms with Crippen molar-refractivity contribution in [3.05, 3.63) is 28.0 Å². The number of carbonyl (C=O) groups excluding carboxylic acids is 1. The molecule has 0 aliphatic carbocycles. The predicted octanol–water partition coefficient (Wildman–Crippen LogP) is 3.55. The summed E-state index contributed by atoms with van der Waals surface area (Å²) in [7, 11) is 0. The van der Waals surface area contributed by atoms with Gasteiger partial charge in [0, 0.05) is 12.7 Å². The van der Waals surface area contributed by atoms with E-state index in [4.69, 9.17) is 23.2 Å². The zero-order valence-electron chi connectivity index (χ0n) is 10.2. The van der Waals surface area contributed by atoms with Crippen LogP contribution in [0.15, 0.2) is 12.3 Å². The van der Waals surface area contributed by atoms with Crippen LogP contribution >= 0.6 is 23.2 Å². The molecule has 3 nitrogen and oxygen atoms in total. The molecule has 17 heavy (non-hydrogen) atoms. The Morgan fingerprint density at radius 1 is 1.41 bits per heavy atom. The van der Waals surface area contributed by atoms with Crippen molar-refractivity contribution in [3.8, 4) is 0 Å². The Morgan fingerprint density at radius 2 is 2.06 bits per heavy atom. The van der Waals surface area contributed by atoms with E-state index in [1.807, 2.05) is 0 Å². The quantitative estimate of drug-likeness (QED) is 0.857. The number of halogens is 2. The first kappa shape index (κ1) is 14.3. The molecule has 1 amide bonds. The second kappa shape index (κ2) is 5.69. The van der Waals surface area contributed by atoms with Crippen molar-refractivity contribution >= 4 is 29.1 Å². The number of aromatic nitrogens is 1. The summed E-state index contributed by atoms with van der Waals surface area (Å²) >= 11 is 11.6. The molecule has 5 heteroatoms. The van der Waals surface area contributed by atoms with Crippen molar-refractivity contribution in [2.75, 3.05) is 6.54 Å². The van der Waals surface area contributed by atoms with Crippen LogP contribution in [0.2, 0.25) is 10.2 Å². The van der Waals surface area contributed by atoms with Crippen LogP contribution < -0.4 is 5.32 Å². The molecule has 1 rings (SSSR count). The molecule has 0 radical (unpaired) electrons. The van der Waals surface area contributed by atoms with Gasteiger partial charge in [-0.1, -0.05) is 44.0 Å². The Labute approximate surface area is 112 Å². The van der Waals surface area contributed by atoms with Crippen molar-refractivity contribution in [2.24, 2.45) is 5.41 Å². The third-order valence-electron chi connectivity index (χ3n) is 2.23. The fourth-order valence-corrected chi connectivity index (χ4v) is 1.58. The van der Waals surface area contributed by atoms with E-state index < -0.39 is 0 Å². The fourth-order valence-electron chi connectivity index (χ4n) is 1.23. The van der Waals surface area contributed by atoms with Gasteiger partial charge >= 0.3 is 0 Å². The monoisotopic (exact) mass is 274 g/mol. The molecular weight excluding hydrogens is 259 g/mol. The Balaban J connectivity index is 2.61. The minimum Gasteiger partial charge on any atom is -0.352 e. The third-order valence-corrected chi connectivity index (χ3v) is 2.74. The van der Waals surface area contributed by atoms with E-state index in [2.05, 4.69) is 31.1 Å². The average Bonchev–Trinajstić information content (AvgIpc) is 2.19. The van der Waals surface area contributed by atoms with Gasteiger partial charge in [-0.05, 0) is 17.9 Å². The molecule has 0 bridgehead atoms. The zero-order chi connectivity index (χ0) is 13.1. The Morgan fingerprint density at radius 3 is 2.65 bits per heavy atom. The number of hydrogen-bond acceptors (Lipinski definition) is 2. The van der Waals surface area contributed by atoms with Gasteiger partial charge in [0.15, 0.2) is 0 Å². The van der Waals surface area contributed by atoms with Crippen LogP contribution in [0.5, 0.6) is 0 Å². The van der Waals surface area contributed by atoms with E-state index in [1.165, 1.54) is 12.3 Å². The molecule has 0 aliphatic rings. The molecule has 94 valence electrons. The number of nitrogens with zero attached hydrogens (tertiary/aromatic N) is 1. The molecule has 1 aromatic heterocycles. The minimum atomic E-state index is -0.219. The van der Waals surface area contributed by atoms with Crippen molar-refractivity contribution < 1.29 is 4.79 Å². The number of rotatable bonds is 3. The van der Waals surface area contributed by atoms with E-state index in [-0.39, 0.29) is 16.5 Å². The highest BCUT2D eigenvalue weighted by Crippen LogP contribution is 2.19. The van der Waals surface area contributed by atoms with Crippen molar-refractivity contribution in [3.63, 3.8) is 0 Å². The lowest BCUT2D eigenvalue weighted by Gasteiger charge is -2.18.